The van der Waals surface area contributed by atoms with Gasteiger partial charge in [0.05, 0.1) is 6.26 Å². The van der Waals surface area contributed by atoms with Crippen molar-refractivity contribution in [1.82, 2.24) is 4.31 Å². The lowest BCUT2D eigenvalue weighted by atomic mass is 10.1. The van der Waals surface area contributed by atoms with Gasteiger partial charge in [-0.25, -0.2) is 12.7 Å². The van der Waals surface area contributed by atoms with E-state index in [4.69, 9.17) is 5.73 Å². The third-order valence-corrected chi connectivity index (χ3v) is 3.32. The van der Waals surface area contributed by atoms with Gasteiger partial charge in [0.2, 0.25) is 10.0 Å². The predicted octanol–water partition coefficient (Wildman–Crippen LogP) is -0.352. The van der Waals surface area contributed by atoms with E-state index in [0.29, 0.717) is 25.6 Å². The topological polar surface area (TPSA) is 63.4 Å². The van der Waals surface area contributed by atoms with E-state index in [9.17, 15) is 8.42 Å². The van der Waals surface area contributed by atoms with Crippen molar-refractivity contribution in [1.29, 1.82) is 0 Å². The van der Waals surface area contributed by atoms with Gasteiger partial charge in [-0.15, -0.1) is 12.4 Å². The first kappa shape index (κ1) is 12.2. The summed E-state index contributed by atoms with van der Waals surface area (Å²) < 4.78 is 23.5. The van der Waals surface area contributed by atoms with E-state index in [1.165, 1.54) is 10.6 Å². The van der Waals surface area contributed by atoms with Gasteiger partial charge in [0, 0.05) is 13.1 Å². The highest BCUT2D eigenvalue weighted by atomic mass is 35.5. The van der Waals surface area contributed by atoms with Crippen LogP contribution in [0.25, 0.3) is 0 Å². The number of halogens is 1. The normalized spacial score (nSPS) is 25.3. The zero-order valence-electron chi connectivity index (χ0n) is 7.06. The number of rotatable bonds is 2. The van der Waals surface area contributed by atoms with Crippen LogP contribution >= 0.6 is 12.4 Å². The van der Waals surface area contributed by atoms with Crippen LogP contribution in [0.3, 0.4) is 0 Å². The van der Waals surface area contributed by atoms with E-state index >= 15 is 0 Å². The summed E-state index contributed by atoms with van der Waals surface area (Å²) in [6, 6.07) is 0. The Labute approximate surface area is 79.6 Å². The molecule has 74 valence electrons. The predicted molar refractivity (Wildman–Crippen MR) is 50.8 cm³/mol. The van der Waals surface area contributed by atoms with Crippen molar-refractivity contribution >= 4 is 22.4 Å². The molecule has 1 aliphatic rings. The fourth-order valence-electron chi connectivity index (χ4n) is 1.29. The number of nitrogens with two attached hydrogens (primary N) is 1. The largest absolute Gasteiger partial charge is 0.330 e. The summed E-state index contributed by atoms with van der Waals surface area (Å²) in [5, 5.41) is 0. The Balaban J connectivity index is 0.00000121. The van der Waals surface area contributed by atoms with Gasteiger partial charge in [0.1, 0.15) is 0 Å². The summed E-state index contributed by atoms with van der Waals surface area (Å²) in [4.78, 5) is 0. The number of hydrogen-bond donors (Lipinski definition) is 1. The second-order valence-electron chi connectivity index (χ2n) is 3.01. The molecule has 0 bridgehead atoms. The molecule has 1 rings (SSSR count). The standard InChI is InChI=1S/C6H14N2O2S.ClH/c1-11(9,10)8-3-2-6(4-7)5-8;/h6H,2-5,7H2,1H3;1H/t6-;/m1./s1. The quantitative estimate of drug-likeness (QED) is 0.684. The molecule has 6 heteroatoms. The highest BCUT2D eigenvalue weighted by molar-refractivity contribution is 7.88. The lowest BCUT2D eigenvalue weighted by Gasteiger charge is -2.11. The molecule has 0 spiro atoms. The molecule has 1 heterocycles. The Morgan fingerprint density at radius 1 is 1.58 bits per heavy atom. The van der Waals surface area contributed by atoms with Gasteiger partial charge in [0.25, 0.3) is 0 Å². The van der Waals surface area contributed by atoms with Crippen LogP contribution in [0.5, 0.6) is 0 Å². The van der Waals surface area contributed by atoms with E-state index in [-0.39, 0.29) is 12.4 Å². The Hall–Kier alpha value is 0.160. The fraction of sp³-hybridized carbons (Fsp3) is 1.00. The fourth-order valence-corrected chi connectivity index (χ4v) is 2.21. The van der Waals surface area contributed by atoms with Crippen molar-refractivity contribution < 1.29 is 8.42 Å². The van der Waals surface area contributed by atoms with Crippen LogP contribution in [-0.2, 0) is 10.0 Å². The van der Waals surface area contributed by atoms with E-state index in [1.807, 2.05) is 0 Å². The van der Waals surface area contributed by atoms with Crippen molar-refractivity contribution in [3.05, 3.63) is 0 Å². The minimum absolute atomic E-state index is 0. The average molecular weight is 215 g/mol. The van der Waals surface area contributed by atoms with Gasteiger partial charge >= 0.3 is 0 Å². The van der Waals surface area contributed by atoms with Crippen LogP contribution in [0.2, 0.25) is 0 Å². The third-order valence-electron chi connectivity index (χ3n) is 2.05. The molecule has 12 heavy (non-hydrogen) atoms. The Bertz CT molecular complexity index is 230. The van der Waals surface area contributed by atoms with Gasteiger partial charge < -0.3 is 5.73 Å². The van der Waals surface area contributed by atoms with Gasteiger partial charge in [-0.1, -0.05) is 0 Å². The summed E-state index contributed by atoms with van der Waals surface area (Å²) in [5.41, 5.74) is 5.42. The molecule has 1 atom stereocenters. The van der Waals surface area contributed by atoms with E-state index in [2.05, 4.69) is 0 Å². The lowest BCUT2D eigenvalue weighted by Crippen LogP contribution is -2.28. The molecule has 0 unspecified atom stereocenters. The van der Waals surface area contributed by atoms with Gasteiger partial charge in [-0.2, -0.15) is 0 Å². The highest BCUT2D eigenvalue weighted by Crippen LogP contribution is 2.16. The molecular formula is C6H15ClN2O2S. The van der Waals surface area contributed by atoms with Crippen molar-refractivity contribution in [2.45, 2.75) is 6.42 Å². The molecule has 0 aromatic heterocycles. The van der Waals surface area contributed by atoms with E-state index < -0.39 is 10.0 Å². The van der Waals surface area contributed by atoms with Crippen LogP contribution in [0.1, 0.15) is 6.42 Å². The first-order chi connectivity index (χ1) is 5.04. The number of nitrogens with zero attached hydrogens (tertiary/aromatic N) is 1. The van der Waals surface area contributed by atoms with Gasteiger partial charge in [-0.3, -0.25) is 0 Å². The Kier molecular flexibility index (Phi) is 4.47. The van der Waals surface area contributed by atoms with Crippen molar-refractivity contribution in [3.63, 3.8) is 0 Å². The highest BCUT2D eigenvalue weighted by Gasteiger charge is 2.27. The molecular weight excluding hydrogens is 200 g/mol. The van der Waals surface area contributed by atoms with Crippen LogP contribution in [0, 0.1) is 5.92 Å². The second kappa shape index (κ2) is 4.41. The zero-order chi connectivity index (χ0) is 8.48. The molecule has 2 N–H and O–H groups in total. The molecule has 0 radical (unpaired) electrons. The van der Waals surface area contributed by atoms with E-state index in [0.717, 1.165) is 6.42 Å². The minimum atomic E-state index is -2.97. The lowest BCUT2D eigenvalue weighted by molar-refractivity contribution is 0.464. The smallest absolute Gasteiger partial charge is 0.211 e. The first-order valence-electron chi connectivity index (χ1n) is 3.69. The molecule has 1 fully saturated rings. The molecule has 1 aliphatic heterocycles. The maximum absolute atomic E-state index is 11.0. The SMILES string of the molecule is CS(=O)(=O)N1CC[C@H](CN)C1.Cl. The van der Waals surface area contributed by atoms with Gasteiger partial charge in [0.15, 0.2) is 0 Å². The van der Waals surface area contributed by atoms with Crippen LogP contribution in [0.15, 0.2) is 0 Å². The Morgan fingerprint density at radius 3 is 2.42 bits per heavy atom. The summed E-state index contributed by atoms with van der Waals surface area (Å²) >= 11 is 0. The molecule has 0 amide bonds. The summed E-state index contributed by atoms with van der Waals surface area (Å²) in [6.07, 6.45) is 2.15. The van der Waals surface area contributed by atoms with E-state index in [1.54, 1.807) is 0 Å². The van der Waals surface area contributed by atoms with Gasteiger partial charge in [-0.05, 0) is 18.9 Å². The second-order valence-corrected chi connectivity index (χ2v) is 4.99. The first-order valence-corrected chi connectivity index (χ1v) is 5.54. The summed E-state index contributed by atoms with van der Waals surface area (Å²) in [7, 11) is -2.97. The molecule has 1 saturated heterocycles. The van der Waals surface area contributed by atoms with Crippen molar-refractivity contribution in [2.24, 2.45) is 11.7 Å². The monoisotopic (exact) mass is 214 g/mol. The molecule has 0 aromatic carbocycles. The molecule has 0 aromatic rings. The maximum Gasteiger partial charge on any atom is 0.211 e. The third kappa shape index (κ3) is 2.90. The summed E-state index contributed by atoms with van der Waals surface area (Å²) in [6.45, 7) is 1.84. The molecule has 4 nitrogen and oxygen atoms in total. The van der Waals surface area contributed by atoms with Crippen LogP contribution in [0.4, 0.5) is 0 Å². The molecule has 0 aliphatic carbocycles. The van der Waals surface area contributed by atoms with Crippen molar-refractivity contribution in [2.75, 3.05) is 25.9 Å². The van der Waals surface area contributed by atoms with Crippen LogP contribution in [-0.4, -0.2) is 38.6 Å². The Morgan fingerprint density at radius 2 is 2.17 bits per heavy atom. The summed E-state index contributed by atoms with van der Waals surface area (Å²) in [5.74, 6) is 0.365. The number of hydrogen-bond acceptors (Lipinski definition) is 3. The number of sulfonamides is 1. The zero-order valence-corrected chi connectivity index (χ0v) is 8.70. The minimum Gasteiger partial charge on any atom is -0.330 e. The molecule has 0 saturated carbocycles. The van der Waals surface area contributed by atoms with Crippen molar-refractivity contribution in [3.8, 4) is 0 Å². The average Bonchev–Trinajstić information content (AvgIpc) is 2.32. The maximum atomic E-state index is 11.0. The van der Waals surface area contributed by atoms with Crippen LogP contribution < -0.4 is 5.73 Å².